The van der Waals surface area contributed by atoms with Crippen molar-refractivity contribution in [2.24, 2.45) is 0 Å². The first-order chi connectivity index (χ1) is 7.76. The third kappa shape index (κ3) is 4.55. The normalized spacial score (nSPS) is 10.7. The van der Waals surface area contributed by atoms with Crippen molar-refractivity contribution in [3.8, 4) is 0 Å². The van der Waals surface area contributed by atoms with Crippen LogP contribution in [0.1, 0.15) is 12.5 Å². The average molecular weight is 221 g/mol. The second-order valence-electron chi connectivity index (χ2n) is 3.79. The van der Waals surface area contributed by atoms with Crippen LogP contribution in [0.15, 0.2) is 30.3 Å². The Kier molecular flexibility index (Phi) is 5.75. The van der Waals surface area contributed by atoms with Gasteiger partial charge in [0.15, 0.2) is 5.78 Å². The van der Waals surface area contributed by atoms with E-state index in [1.807, 2.05) is 42.2 Å². The average Bonchev–Trinajstić information content (AvgIpc) is 2.29. The van der Waals surface area contributed by atoms with Crippen LogP contribution >= 0.6 is 0 Å². The number of hydrogen-bond donors (Lipinski definition) is 1. The Morgan fingerprint density at radius 2 is 2.00 bits per heavy atom. The first kappa shape index (κ1) is 12.9. The minimum Gasteiger partial charge on any atom is -0.395 e. The van der Waals surface area contributed by atoms with E-state index in [0.29, 0.717) is 19.5 Å². The first-order valence-electron chi connectivity index (χ1n) is 5.65. The molecule has 1 N–H and O–H groups in total. The van der Waals surface area contributed by atoms with Gasteiger partial charge in [-0.2, -0.15) is 0 Å². The topological polar surface area (TPSA) is 40.5 Å². The van der Waals surface area contributed by atoms with Crippen LogP contribution < -0.4 is 0 Å². The number of hydrogen-bond acceptors (Lipinski definition) is 3. The molecule has 1 rings (SSSR count). The van der Waals surface area contributed by atoms with Crippen LogP contribution in [0.3, 0.4) is 0 Å². The van der Waals surface area contributed by atoms with Gasteiger partial charge in [0.1, 0.15) is 0 Å². The number of rotatable bonds is 7. The van der Waals surface area contributed by atoms with E-state index in [-0.39, 0.29) is 12.4 Å². The number of aliphatic hydroxyl groups excluding tert-OH is 1. The van der Waals surface area contributed by atoms with Crippen molar-refractivity contribution >= 4 is 5.78 Å². The van der Waals surface area contributed by atoms with Gasteiger partial charge in [0.25, 0.3) is 0 Å². The molecule has 0 saturated carbocycles. The Morgan fingerprint density at radius 3 is 2.56 bits per heavy atom. The standard InChI is InChI=1S/C13H19NO2/c1-2-14(8-9-15)11-13(16)10-12-6-4-3-5-7-12/h3-7,15H,2,8-11H2,1H3. The second kappa shape index (κ2) is 7.14. The van der Waals surface area contributed by atoms with E-state index in [0.717, 1.165) is 12.1 Å². The predicted octanol–water partition coefficient (Wildman–Crippen LogP) is 1.11. The Hall–Kier alpha value is -1.19. The smallest absolute Gasteiger partial charge is 0.151 e. The van der Waals surface area contributed by atoms with Crippen LogP contribution in [0.4, 0.5) is 0 Å². The van der Waals surface area contributed by atoms with Gasteiger partial charge in [-0.05, 0) is 12.1 Å². The van der Waals surface area contributed by atoms with Crippen molar-refractivity contribution in [3.63, 3.8) is 0 Å². The van der Waals surface area contributed by atoms with Crippen LogP contribution in [0.5, 0.6) is 0 Å². The fraction of sp³-hybridized carbons (Fsp3) is 0.462. The molecule has 88 valence electrons. The van der Waals surface area contributed by atoms with Crippen molar-refractivity contribution in [3.05, 3.63) is 35.9 Å². The summed E-state index contributed by atoms with van der Waals surface area (Å²) < 4.78 is 0. The van der Waals surface area contributed by atoms with Crippen molar-refractivity contribution in [2.45, 2.75) is 13.3 Å². The maximum absolute atomic E-state index is 11.7. The largest absolute Gasteiger partial charge is 0.395 e. The lowest BCUT2D eigenvalue weighted by molar-refractivity contribution is -0.119. The summed E-state index contributed by atoms with van der Waals surface area (Å²) >= 11 is 0. The number of ketones is 1. The third-order valence-corrected chi connectivity index (χ3v) is 2.51. The van der Waals surface area contributed by atoms with Crippen molar-refractivity contribution in [1.82, 2.24) is 4.90 Å². The molecule has 0 heterocycles. The van der Waals surface area contributed by atoms with E-state index in [2.05, 4.69) is 0 Å². The number of nitrogens with zero attached hydrogens (tertiary/aromatic N) is 1. The molecule has 3 nitrogen and oxygen atoms in total. The molecule has 0 saturated heterocycles. The second-order valence-corrected chi connectivity index (χ2v) is 3.79. The summed E-state index contributed by atoms with van der Waals surface area (Å²) in [6.45, 7) is 3.88. The molecule has 0 aromatic heterocycles. The minimum absolute atomic E-state index is 0.104. The zero-order valence-corrected chi connectivity index (χ0v) is 9.72. The van der Waals surface area contributed by atoms with Crippen LogP contribution in [0.25, 0.3) is 0 Å². The van der Waals surface area contributed by atoms with Gasteiger partial charge in [0, 0.05) is 13.0 Å². The number of Topliss-reactive ketones (excluding diaryl/α,β-unsaturated/α-hetero) is 1. The number of carbonyl (C=O) groups is 1. The maximum atomic E-state index is 11.7. The lowest BCUT2D eigenvalue weighted by Gasteiger charge is -2.17. The highest BCUT2D eigenvalue weighted by atomic mass is 16.3. The Balaban J connectivity index is 2.41. The molecule has 3 heteroatoms. The fourth-order valence-electron chi connectivity index (χ4n) is 1.62. The summed E-state index contributed by atoms with van der Waals surface area (Å²) in [6, 6.07) is 9.74. The summed E-state index contributed by atoms with van der Waals surface area (Å²) in [7, 11) is 0. The van der Waals surface area contributed by atoms with Gasteiger partial charge in [0.05, 0.1) is 13.2 Å². The molecule has 0 aliphatic carbocycles. The molecule has 0 unspecified atom stereocenters. The number of likely N-dealkylation sites (N-methyl/N-ethyl adjacent to an activating group) is 1. The molecule has 0 atom stereocenters. The van der Waals surface area contributed by atoms with E-state index in [9.17, 15) is 4.79 Å². The van der Waals surface area contributed by atoms with Gasteiger partial charge >= 0.3 is 0 Å². The minimum atomic E-state index is 0.104. The molecule has 0 fully saturated rings. The molecule has 0 radical (unpaired) electrons. The van der Waals surface area contributed by atoms with Crippen molar-refractivity contribution in [2.75, 3.05) is 26.2 Å². The molecule has 0 aliphatic heterocycles. The van der Waals surface area contributed by atoms with Crippen LogP contribution in [0, 0.1) is 0 Å². The van der Waals surface area contributed by atoms with Crippen LogP contribution in [-0.2, 0) is 11.2 Å². The number of aliphatic hydroxyl groups is 1. The molecule has 1 aromatic carbocycles. The molecule has 16 heavy (non-hydrogen) atoms. The highest BCUT2D eigenvalue weighted by Gasteiger charge is 2.08. The van der Waals surface area contributed by atoms with E-state index in [4.69, 9.17) is 5.11 Å². The monoisotopic (exact) mass is 221 g/mol. The zero-order chi connectivity index (χ0) is 11.8. The first-order valence-corrected chi connectivity index (χ1v) is 5.65. The molecule has 0 aliphatic rings. The van der Waals surface area contributed by atoms with Gasteiger partial charge < -0.3 is 5.11 Å². The molecule has 0 amide bonds. The lowest BCUT2D eigenvalue weighted by atomic mass is 10.1. The zero-order valence-electron chi connectivity index (χ0n) is 9.72. The summed E-state index contributed by atoms with van der Waals surface area (Å²) in [4.78, 5) is 13.7. The Labute approximate surface area is 96.7 Å². The third-order valence-electron chi connectivity index (χ3n) is 2.51. The molecule has 1 aromatic rings. The van der Waals surface area contributed by atoms with Crippen molar-refractivity contribution in [1.29, 1.82) is 0 Å². The molecule has 0 bridgehead atoms. The number of carbonyl (C=O) groups excluding carboxylic acids is 1. The van der Waals surface area contributed by atoms with Gasteiger partial charge in [0.2, 0.25) is 0 Å². The van der Waals surface area contributed by atoms with Gasteiger partial charge in [-0.15, -0.1) is 0 Å². The Bertz CT molecular complexity index is 311. The summed E-state index contributed by atoms with van der Waals surface area (Å²) in [5.41, 5.74) is 1.05. The van der Waals surface area contributed by atoms with E-state index in [1.165, 1.54) is 0 Å². The Morgan fingerprint density at radius 1 is 1.31 bits per heavy atom. The highest BCUT2D eigenvalue weighted by Crippen LogP contribution is 2.01. The molecular formula is C13H19NO2. The summed E-state index contributed by atoms with van der Waals surface area (Å²) in [5.74, 6) is 0.196. The predicted molar refractivity (Wildman–Crippen MR) is 64.4 cm³/mol. The van der Waals surface area contributed by atoms with Gasteiger partial charge in [-0.3, -0.25) is 9.69 Å². The summed E-state index contributed by atoms with van der Waals surface area (Å²) in [6.07, 6.45) is 0.475. The van der Waals surface area contributed by atoms with E-state index < -0.39 is 0 Å². The maximum Gasteiger partial charge on any atom is 0.151 e. The van der Waals surface area contributed by atoms with Gasteiger partial charge in [-0.1, -0.05) is 37.3 Å². The van der Waals surface area contributed by atoms with Crippen LogP contribution in [-0.4, -0.2) is 42.0 Å². The lowest BCUT2D eigenvalue weighted by Crippen LogP contribution is -2.32. The molecule has 0 spiro atoms. The van der Waals surface area contributed by atoms with E-state index in [1.54, 1.807) is 0 Å². The summed E-state index contributed by atoms with van der Waals surface area (Å²) in [5, 5.41) is 8.82. The quantitative estimate of drug-likeness (QED) is 0.750. The molecular weight excluding hydrogens is 202 g/mol. The van der Waals surface area contributed by atoms with Crippen LogP contribution in [0.2, 0.25) is 0 Å². The van der Waals surface area contributed by atoms with Gasteiger partial charge in [-0.25, -0.2) is 0 Å². The SMILES string of the molecule is CCN(CCO)CC(=O)Cc1ccccc1. The number of benzene rings is 1. The van der Waals surface area contributed by atoms with E-state index >= 15 is 0 Å². The fourth-order valence-corrected chi connectivity index (χ4v) is 1.62. The highest BCUT2D eigenvalue weighted by molar-refractivity contribution is 5.82. The van der Waals surface area contributed by atoms with Crippen molar-refractivity contribution < 1.29 is 9.90 Å².